The molecule has 1 aliphatic carbocycles. The van der Waals surface area contributed by atoms with E-state index in [1.54, 1.807) is 24.9 Å². The van der Waals surface area contributed by atoms with Crippen molar-refractivity contribution in [3.05, 3.63) is 60.4 Å². The molecule has 1 atom stereocenters. The van der Waals surface area contributed by atoms with Crippen molar-refractivity contribution in [3.63, 3.8) is 0 Å². The van der Waals surface area contributed by atoms with E-state index in [1.807, 2.05) is 30.5 Å². The van der Waals surface area contributed by atoms with E-state index in [2.05, 4.69) is 45.1 Å². The number of ether oxygens (including phenoxy) is 2. The van der Waals surface area contributed by atoms with E-state index in [9.17, 15) is 14.8 Å². The van der Waals surface area contributed by atoms with Crippen LogP contribution < -0.4 is 14.4 Å². The number of rotatable bonds is 12. The molecule has 3 aromatic rings. The molecule has 3 fully saturated rings. The Labute approximate surface area is 277 Å². The molecule has 11 nitrogen and oxygen atoms in total. The molecule has 2 aliphatic heterocycles. The van der Waals surface area contributed by atoms with E-state index in [0.717, 1.165) is 66.8 Å². The maximum atomic E-state index is 14.2. The Balaban J connectivity index is 1.13. The number of piperidine rings is 1. The molecule has 0 unspecified atom stereocenters. The van der Waals surface area contributed by atoms with Gasteiger partial charge in [0.25, 0.3) is 5.91 Å². The molecule has 252 valence electrons. The lowest BCUT2D eigenvalue weighted by Gasteiger charge is -2.37. The third-order valence-electron chi connectivity index (χ3n) is 9.36. The largest absolute Gasteiger partial charge is 0.493 e. The highest BCUT2D eigenvalue weighted by Crippen LogP contribution is 2.36. The van der Waals surface area contributed by atoms with Gasteiger partial charge in [0.05, 0.1) is 18.7 Å². The average Bonchev–Trinajstić information content (AvgIpc) is 3.78. The Morgan fingerprint density at radius 2 is 1.85 bits per heavy atom. The van der Waals surface area contributed by atoms with Crippen molar-refractivity contribution >= 4 is 17.5 Å². The van der Waals surface area contributed by atoms with Crippen molar-refractivity contribution in [2.75, 3.05) is 50.8 Å². The zero-order valence-corrected chi connectivity index (χ0v) is 27.9. The van der Waals surface area contributed by atoms with Gasteiger partial charge in [0.15, 0.2) is 5.60 Å². The quantitative estimate of drug-likeness (QED) is 0.284. The maximum Gasteiger partial charge on any atom is 0.266 e. The first kappa shape index (κ1) is 32.8. The fourth-order valence-corrected chi connectivity index (χ4v) is 6.59. The van der Waals surface area contributed by atoms with Gasteiger partial charge >= 0.3 is 0 Å². The van der Waals surface area contributed by atoms with Gasteiger partial charge in [0.2, 0.25) is 5.91 Å². The minimum Gasteiger partial charge on any atom is -0.493 e. The van der Waals surface area contributed by atoms with Gasteiger partial charge in [-0.15, -0.1) is 0 Å². The number of carbonyl (C=O) groups excluding carboxylic acids is 2. The number of carbonyl (C=O) groups is 2. The molecule has 1 aromatic heterocycles. The predicted octanol–water partition coefficient (Wildman–Crippen LogP) is 4.96. The minimum absolute atomic E-state index is 0.0980. The molecule has 6 rings (SSSR count). The monoisotopic (exact) mass is 644 g/mol. The molecule has 3 heterocycles. The van der Waals surface area contributed by atoms with Crippen LogP contribution in [0, 0.1) is 5.92 Å². The van der Waals surface area contributed by atoms with E-state index in [4.69, 9.17) is 9.47 Å². The first-order chi connectivity index (χ1) is 22.7. The molecule has 0 radical (unpaired) electrons. The van der Waals surface area contributed by atoms with Crippen molar-refractivity contribution < 1.29 is 24.3 Å². The molecule has 0 bridgehead atoms. The van der Waals surface area contributed by atoms with E-state index in [0.29, 0.717) is 51.6 Å². The van der Waals surface area contributed by atoms with Crippen molar-refractivity contribution in [2.24, 2.45) is 5.92 Å². The molecule has 2 saturated heterocycles. The van der Waals surface area contributed by atoms with Gasteiger partial charge in [-0.3, -0.25) is 14.7 Å². The fraction of sp³-hybridized carbons (Fsp3) is 0.528. The van der Waals surface area contributed by atoms with Crippen molar-refractivity contribution in [1.82, 2.24) is 25.1 Å². The maximum absolute atomic E-state index is 14.2. The number of benzene rings is 2. The summed E-state index contributed by atoms with van der Waals surface area (Å²) in [7, 11) is 0. The van der Waals surface area contributed by atoms with Crippen molar-refractivity contribution in [1.29, 1.82) is 0 Å². The SMILES string of the molecule is CCCOc1cc(-c2cn[nH]c2)ccc1CN(C(=O)[C@@H]1CCCN(c2cccc(OC(C)(C)C(=O)N3CCN(O)CC3)c2)C1)C1CC1. The number of hydroxylamine groups is 2. The number of H-pyrrole nitrogens is 1. The Morgan fingerprint density at radius 3 is 2.57 bits per heavy atom. The van der Waals surface area contributed by atoms with Gasteiger partial charge in [-0.25, -0.2) is 0 Å². The van der Waals surface area contributed by atoms with Crippen LogP contribution in [0.5, 0.6) is 11.5 Å². The van der Waals surface area contributed by atoms with Crippen LogP contribution in [0.15, 0.2) is 54.9 Å². The van der Waals surface area contributed by atoms with Crippen LogP contribution in [-0.2, 0) is 16.1 Å². The lowest BCUT2D eigenvalue weighted by Crippen LogP contribution is -2.55. The second-order valence-electron chi connectivity index (χ2n) is 13.5. The van der Waals surface area contributed by atoms with Crippen LogP contribution in [0.25, 0.3) is 11.1 Å². The average molecular weight is 645 g/mol. The highest BCUT2D eigenvalue weighted by atomic mass is 16.5. The van der Waals surface area contributed by atoms with E-state index in [-0.39, 0.29) is 23.8 Å². The molecular formula is C36H48N6O5. The van der Waals surface area contributed by atoms with Gasteiger partial charge < -0.3 is 29.4 Å². The molecule has 2 amide bonds. The molecule has 2 aromatic carbocycles. The van der Waals surface area contributed by atoms with E-state index in [1.165, 1.54) is 5.06 Å². The number of aromatic nitrogens is 2. The summed E-state index contributed by atoms with van der Waals surface area (Å²) in [5.74, 6) is 1.44. The summed E-state index contributed by atoms with van der Waals surface area (Å²) in [4.78, 5) is 33.6. The van der Waals surface area contributed by atoms with Crippen LogP contribution in [0.1, 0.15) is 58.4 Å². The number of nitrogens with zero attached hydrogens (tertiary/aromatic N) is 5. The predicted molar refractivity (Wildman–Crippen MR) is 179 cm³/mol. The van der Waals surface area contributed by atoms with Crippen LogP contribution >= 0.6 is 0 Å². The van der Waals surface area contributed by atoms with Gasteiger partial charge in [0, 0.05) is 80.9 Å². The van der Waals surface area contributed by atoms with Gasteiger partial charge in [-0.2, -0.15) is 10.2 Å². The first-order valence-corrected chi connectivity index (χ1v) is 17.0. The van der Waals surface area contributed by atoms with Crippen LogP contribution in [0.4, 0.5) is 5.69 Å². The highest BCUT2D eigenvalue weighted by Gasteiger charge is 2.39. The third kappa shape index (κ3) is 7.90. The second kappa shape index (κ2) is 14.4. The Hall–Kier alpha value is -4.09. The Kier molecular flexibility index (Phi) is 10.0. The summed E-state index contributed by atoms with van der Waals surface area (Å²) in [5.41, 5.74) is 2.99. The summed E-state index contributed by atoms with van der Waals surface area (Å²) >= 11 is 0. The molecule has 11 heteroatoms. The summed E-state index contributed by atoms with van der Waals surface area (Å²) < 4.78 is 12.5. The normalized spacial score (nSPS) is 19.0. The third-order valence-corrected chi connectivity index (χ3v) is 9.36. The van der Waals surface area contributed by atoms with E-state index < -0.39 is 5.60 Å². The standard InChI is InChI=1S/C36H48N6O5/c1-4-19-46-33-20-26(29-22-37-38-23-29)10-11-27(33)25-42(30-12-13-30)34(43)28-7-6-14-40(24-28)31-8-5-9-32(21-31)47-36(2,3)35(44)39-15-17-41(45)18-16-39/h5,8-11,20-23,28,30,45H,4,6-7,12-19,24-25H2,1-3H3,(H,37,38)/t28-/m1/s1. The lowest BCUT2D eigenvalue weighted by atomic mass is 9.95. The van der Waals surface area contributed by atoms with Gasteiger partial charge in [0.1, 0.15) is 11.5 Å². The summed E-state index contributed by atoms with van der Waals surface area (Å²) in [6.45, 7) is 10.1. The summed E-state index contributed by atoms with van der Waals surface area (Å²) in [6.07, 6.45) is 8.42. The number of anilines is 1. The molecule has 3 aliphatic rings. The molecule has 0 spiro atoms. The number of hydrogen-bond acceptors (Lipinski definition) is 8. The zero-order chi connectivity index (χ0) is 33.0. The summed E-state index contributed by atoms with van der Waals surface area (Å²) in [5, 5.41) is 17.9. The van der Waals surface area contributed by atoms with Crippen LogP contribution in [0.3, 0.4) is 0 Å². The minimum atomic E-state index is -1.06. The topological polar surface area (TPSA) is 114 Å². The number of amides is 2. The molecular weight excluding hydrogens is 596 g/mol. The summed E-state index contributed by atoms with van der Waals surface area (Å²) in [6, 6.07) is 14.3. The Morgan fingerprint density at radius 1 is 1.04 bits per heavy atom. The Bertz CT molecular complexity index is 1520. The van der Waals surface area contributed by atoms with Crippen molar-refractivity contribution in [3.8, 4) is 22.6 Å². The van der Waals surface area contributed by atoms with Crippen LogP contribution in [0.2, 0.25) is 0 Å². The number of hydrogen-bond donors (Lipinski definition) is 2. The zero-order valence-electron chi connectivity index (χ0n) is 27.9. The number of nitrogens with one attached hydrogen (secondary N) is 1. The molecule has 1 saturated carbocycles. The van der Waals surface area contributed by atoms with E-state index >= 15 is 0 Å². The lowest BCUT2D eigenvalue weighted by molar-refractivity contribution is -0.157. The van der Waals surface area contributed by atoms with Gasteiger partial charge in [-0.05, 0) is 69.7 Å². The van der Waals surface area contributed by atoms with Crippen molar-refractivity contribution in [2.45, 2.75) is 71.1 Å². The molecule has 2 N–H and O–H groups in total. The second-order valence-corrected chi connectivity index (χ2v) is 13.5. The van der Waals surface area contributed by atoms with Crippen LogP contribution in [-0.4, -0.2) is 99.6 Å². The first-order valence-electron chi connectivity index (χ1n) is 17.0. The molecule has 47 heavy (non-hydrogen) atoms. The number of aromatic amines is 1. The number of piperazine rings is 1. The highest BCUT2D eigenvalue weighted by molar-refractivity contribution is 5.85. The van der Waals surface area contributed by atoms with Gasteiger partial charge in [-0.1, -0.05) is 25.1 Å². The fourth-order valence-electron chi connectivity index (χ4n) is 6.59. The smallest absolute Gasteiger partial charge is 0.266 e.